The summed E-state index contributed by atoms with van der Waals surface area (Å²) in [5.74, 6) is 0.195. The molecule has 4 heteroatoms. The SMILES string of the molecule is CS[C@@H](C)C(=O)N(CCc1ccccc1)Cc1ccncc1. The molecule has 2 aromatic rings. The number of hydrogen-bond donors (Lipinski definition) is 0. The molecule has 0 aliphatic carbocycles. The summed E-state index contributed by atoms with van der Waals surface area (Å²) in [4.78, 5) is 18.6. The first-order chi connectivity index (χ1) is 10.7. The highest BCUT2D eigenvalue weighted by atomic mass is 32.2. The molecule has 3 nitrogen and oxygen atoms in total. The van der Waals surface area contributed by atoms with Crippen molar-refractivity contribution < 1.29 is 4.79 Å². The van der Waals surface area contributed by atoms with Crippen LogP contribution in [0.4, 0.5) is 0 Å². The van der Waals surface area contributed by atoms with Crippen LogP contribution in [0.5, 0.6) is 0 Å². The second-order valence-electron chi connectivity index (χ2n) is 5.23. The summed E-state index contributed by atoms with van der Waals surface area (Å²) < 4.78 is 0. The Bertz CT molecular complexity index is 574. The van der Waals surface area contributed by atoms with Gasteiger partial charge >= 0.3 is 0 Å². The average Bonchev–Trinajstić information content (AvgIpc) is 2.59. The van der Waals surface area contributed by atoms with Crippen LogP contribution < -0.4 is 0 Å². The molecule has 0 aliphatic heterocycles. The summed E-state index contributed by atoms with van der Waals surface area (Å²) in [6.07, 6.45) is 6.39. The van der Waals surface area contributed by atoms with Crippen molar-refractivity contribution in [2.24, 2.45) is 0 Å². The number of thioether (sulfide) groups is 1. The van der Waals surface area contributed by atoms with Crippen LogP contribution in [-0.4, -0.2) is 33.8 Å². The fourth-order valence-electron chi connectivity index (χ4n) is 2.24. The molecule has 0 radical (unpaired) electrons. The highest BCUT2D eigenvalue weighted by Crippen LogP contribution is 2.13. The quantitative estimate of drug-likeness (QED) is 0.785. The molecule has 0 unspecified atom stereocenters. The third-order valence-electron chi connectivity index (χ3n) is 3.65. The van der Waals surface area contributed by atoms with E-state index in [1.807, 2.05) is 48.4 Å². The van der Waals surface area contributed by atoms with Gasteiger partial charge in [0, 0.05) is 25.5 Å². The molecule has 0 aliphatic rings. The number of hydrogen-bond acceptors (Lipinski definition) is 3. The smallest absolute Gasteiger partial charge is 0.235 e. The van der Waals surface area contributed by atoms with Gasteiger partial charge in [-0.2, -0.15) is 11.8 Å². The van der Waals surface area contributed by atoms with Crippen molar-refractivity contribution in [3.63, 3.8) is 0 Å². The van der Waals surface area contributed by atoms with E-state index in [4.69, 9.17) is 0 Å². The van der Waals surface area contributed by atoms with Crippen molar-refractivity contribution in [1.82, 2.24) is 9.88 Å². The molecule has 22 heavy (non-hydrogen) atoms. The second-order valence-corrected chi connectivity index (χ2v) is 6.41. The number of amides is 1. The zero-order valence-corrected chi connectivity index (χ0v) is 13.9. The molecule has 0 N–H and O–H groups in total. The molecule has 2 rings (SSSR count). The van der Waals surface area contributed by atoms with Crippen LogP contribution in [0.2, 0.25) is 0 Å². The van der Waals surface area contributed by atoms with Gasteiger partial charge in [0.2, 0.25) is 5.91 Å². The van der Waals surface area contributed by atoms with Gasteiger partial charge in [0.25, 0.3) is 0 Å². The lowest BCUT2D eigenvalue weighted by Gasteiger charge is -2.25. The van der Waals surface area contributed by atoms with Gasteiger partial charge in [-0.25, -0.2) is 0 Å². The van der Waals surface area contributed by atoms with Crippen molar-refractivity contribution in [2.75, 3.05) is 12.8 Å². The van der Waals surface area contributed by atoms with Gasteiger partial charge in [-0.1, -0.05) is 30.3 Å². The van der Waals surface area contributed by atoms with Crippen LogP contribution in [0.25, 0.3) is 0 Å². The predicted octanol–water partition coefficient (Wildman–Crippen LogP) is 3.40. The van der Waals surface area contributed by atoms with Crippen LogP contribution in [0, 0.1) is 0 Å². The van der Waals surface area contributed by atoms with Gasteiger partial charge in [0.1, 0.15) is 0 Å². The van der Waals surface area contributed by atoms with Gasteiger partial charge < -0.3 is 4.90 Å². The van der Waals surface area contributed by atoms with E-state index >= 15 is 0 Å². The van der Waals surface area contributed by atoms with Gasteiger partial charge in [-0.05, 0) is 42.9 Å². The van der Waals surface area contributed by atoms with E-state index in [0.29, 0.717) is 6.54 Å². The minimum Gasteiger partial charge on any atom is -0.337 e. The fraction of sp³-hybridized carbons (Fsp3) is 0.333. The average molecular weight is 314 g/mol. The van der Waals surface area contributed by atoms with Crippen molar-refractivity contribution in [3.05, 3.63) is 66.0 Å². The Morgan fingerprint density at radius 2 is 1.82 bits per heavy atom. The van der Waals surface area contributed by atoms with Gasteiger partial charge in [-0.15, -0.1) is 0 Å². The third kappa shape index (κ3) is 4.88. The maximum Gasteiger partial charge on any atom is 0.235 e. The minimum atomic E-state index is -0.0161. The maximum atomic E-state index is 12.6. The first-order valence-corrected chi connectivity index (χ1v) is 8.74. The standard InChI is InChI=1S/C18H22N2OS/c1-15(22-2)18(21)20(14-17-8-11-19-12-9-17)13-10-16-6-4-3-5-7-16/h3-9,11-12,15H,10,13-14H2,1-2H3/t15-/m0/s1. The van der Waals surface area contributed by atoms with E-state index in [-0.39, 0.29) is 11.2 Å². The highest BCUT2D eigenvalue weighted by Gasteiger charge is 2.19. The monoisotopic (exact) mass is 314 g/mol. The Morgan fingerprint density at radius 3 is 2.45 bits per heavy atom. The normalized spacial score (nSPS) is 11.9. The summed E-state index contributed by atoms with van der Waals surface area (Å²) in [5, 5.41) is -0.0161. The number of rotatable bonds is 7. The molecule has 0 fully saturated rings. The summed E-state index contributed by atoms with van der Waals surface area (Å²) in [6, 6.07) is 14.2. The zero-order chi connectivity index (χ0) is 15.8. The molecule has 0 bridgehead atoms. The lowest BCUT2D eigenvalue weighted by atomic mass is 10.1. The molecule has 1 aromatic carbocycles. The number of nitrogens with zero attached hydrogens (tertiary/aromatic N) is 2. The number of carbonyl (C=O) groups excluding carboxylic acids is 1. The van der Waals surface area contributed by atoms with E-state index in [1.165, 1.54) is 5.56 Å². The number of aromatic nitrogens is 1. The lowest BCUT2D eigenvalue weighted by molar-refractivity contribution is -0.130. The van der Waals surface area contributed by atoms with Gasteiger partial charge in [-0.3, -0.25) is 9.78 Å². The molecule has 1 aromatic heterocycles. The van der Waals surface area contributed by atoms with Crippen molar-refractivity contribution in [1.29, 1.82) is 0 Å². The first kappa shape index (κ1) is 16.6. The summed E-state index contributed by atoms with van der Waals surface area (Å²) in [7, 11) is 0. The number of pyridine rings is 1. The van der Waals surface area contributed by atoms with E-state index in [2.05, 4.69) is 17.1 Å². The van der Waals surface area contributed by atoms with Crippen LogP contribution in [-0.2, 0) is 17.8 Å². The van der Waals surface area contributed by atoms with E-state index < -0.39 is 0 Å². The molecule has 0 saturated carbocycles. The Balaban J connectivity index is 2.05. The van der Waals surface area contributed by atoms with E-state index in [1.54, 1.807) is 24.2 Å². The molecule has 116 valence electrons. The third-order valence-corrected chi connectivity index (χ3v) is 4.56. The lowest BCUT2D eigenvalue weighted by Crippen LogP contribution is -2.37. The van der Waals surface area contributed by atoms with Crippen molar-refractivity contribution >= 4 is 17.7 Å². The van der Waals surface area contributed by atoms with Crippen molar-refractivity contribution in [2.45, 2.75) is 25.1 Å². The highest BCUT2D eigenvalue weighted by molar-refractivity contribution is 7.99. The molecule has 1 amide bonds. The fourth-order valence-corrected chi connectivity index (χ4v) is 2.59. The zero-order valence-electron chi connectivity index (χ0n) is 13.1. The Labute approximate surface area is 136 Å². The molecule has 1 heterocycles. The Hall–Kier alpha value is -1.81. The van der Waals surface area contributed by atoms with Crippen LogP contribution >= 0.6 is 11.8 Å². The predicted molar refractivity (Wildman–Crippen MR) is 92.8 cm³/mol. The first-order valence-electron chi connectivity index (χ1n) is 7.45. The molecule has 0 saturated heterocycles. The van der Waals surface area contributed by atoms with Crippen LogP contribution in [0.1, 0.15) is 18.1 Å². The molecular weight excluding hydrogens is 292 g/mol. The number of benzene rings is 1. The van der Waals surface area contributed by atoms with E-state index in [0.717, 1.165) is 18.5 Å². The van der Waals surface area contributed by atoms with Gasteiger partial charge in [0.15, 0.2) is 0 Å². The topological polar surface area (TPSA) is 33.2 Å². The molecule has 1 atom stereocenters. The van der Waals surface area contributed by atoms with Crippen LogP contribution in [0.3, 0.4) is 0 Å². The summed E-state index contributed by atoms with van der Waals surface area (Å²) in [5.41, 5.74) is 2.37. The second kappa shape index (κ2) is 8.59. The molecular formula is C18H22N2OS. The largest absolute Gasteiger partial charge is 0.337 e. The number of carbonyl (C=O) groups is 1. The Kier molecular flexibility index (Phi) is 6.46. The minimum absolute atomic E-state index is 0.0161. The summed E-state index contributed by atoms with van der Waals surface area (Å²) in [6.45, 7) is 3.34. The van der Waals surface area contributed by atoms with E-state index in [9.17, 15) is 4.79 Å². The Morgan fingerprint density at radius 1 is 1.14 bits per heavy atom. The van der Waals surface area contributed by atoms with Gasteiger partial charge in [0.05, 0.1) is 5.25 Å². The maximum absolute atomic E-state index is 12.6. The summed E-state index contributed by atoms with van der Waals surface area (Å²) >= 11 is 1.59. The van der Waals surface area contributed by atoms with Crippen molar-refractivity contribution in [3.8, 4) is 0 Å². The van der Waals surface area contributed by atoms with Crippen LogP contribution in [0.15, 0.2) is 54.9 Å². The molecule has 0 spiro atoms.